The van der Waals surface area contributed by atoms with Crippen molar-refractivity contribution in [3.63, 3.8) is 0 Å². The van der Waals surface area contributed by atoms with Crippen molar-refractivity contribution < 1.29 is 22.3 Å². The average Bonchev–Trinajstić information content (AvgIpc) is 2.70. The van der Waals surface area contributed by atoms with Gasteiger partial charge in [-0.25, -0.2) is 0 Å². The second kappa shape index (κ2) is 3.70. The Kier molecular flexibility index (Phi) is 2.46. The number of furan rings is 1. The van der Waals surface area contributed by atoms with E-state index in [1.165, 1.54) is 13.2 Å². The van der Waals surface area contributed by atoms with Crippen LogP contribution < -0.4 is 4.74 Å². The summed E-state index contributed by atoms with van der Waals surface area (Å²) in [7, 11) is 1.30. The van der Waals surface area contributed by atoms with Crippen LogP contribution in [0.4, 0.5) is 13.2 Å². The Morgan fingerprint density at radius 2 is 2.06 bits per heavy atom. The Labute approximate surface area is 94.0 Å². The van der Waals surface area contributed by atoms with Gasteiger partial charge in [-0.2, -0.15) is 18.4 Å². The van der Waals surface area contributed by atoms with Gasteiger partial charge in [-0.05, 0) is 6.07 Å². The van der Waals surface area contributed by atoms with E-state index in [0.29, 0.717) is 6.26 Å². The van der Waals surface area contributed by atoms with Gasteiger partial charge in [0.25, 0.3) is 0 Å². The number of alkyl halides is 3. The predicted octanol–water partition coefficient (Wildman–Crippen LogP) is 3.33. The van der Waals surface area contributed by atoms with Gasteiger partial charge in [0.1, 0.15) is 11.8 Å². The molecule has 0 saturated heterocycles. The Morgan fingerprint density at radius 1 is 1.35 bits per heavy atom. The van der Waals surface area contributed by atoms with Crippen LogP contribution in [0.25, 0.3) is 11.0 Å². The number of halogens is 3. The first kappa shape index (κ1) is 11.3. The molecule has 0 unspecified atom stereocenters. The fourth-order valence-electron chi connectivity index (χ4n) is 1.54. The monoisotopic (exact) mass is 241 g/mol. The highest BCUT2D eigenvalue weighted by Gasteiger charge is 2.35. The first-order chi connectivity index (χ1) is 7.97. The zero-order valence-corrected chi connectivity index (χ0v) is 8.63. The lowest BCUT2D eigenvalue weighted by atomic mass is 10.1. The number of ether oxygens (including phenoxy) is 1. The second-order valence-corrected chi connectivity index (χ2v) is 3.31. The summed E-state index contributed by atoms with van der Waals surface area (Å²) in [6, 6.07) is 4.23. The van der Waals surface area contributed by atoms with Crippen LogP contribution in [0.3, 0.4) is 0 Å². The standard InChI is InChI=1S/C11H6F3NO2/c1-16-9-3-6(4-15)2-7-8(11(12,13)14)5-17-10(7)9/h2-3,5H,1H3. The van der Waals surface area contributed by atoms with Crippen molar-refractivity contribution in [2.45, 2.75) is 6.18 Å². The number of nitriles is 1. The maximum Gasteiger partial charge on any atom is 0.420 e. The minimum absolute atomic E-state index is 0.0150. The van der Waals surface area contributed by atoms with Crippen LogP contribution in [0.15, 0.2) is 22.8 Å². The summed E-state index contributed by atoms with van der Waals surface area (Å²) in [6.07, 6.45) is -3.90. The molecule has 0 amide bonds. The molecular formula is C11H6F3NO2. The molecule has 0 aliphatic rings. The van der Waals surface area contributed by atoms with E-state index < -0.39 is 11.7 Å². The molecule has 0 aliphatic heterocycles. The lowest BCUT2D eigenvalue weighted by Crippen LogP contribution is -2.03. The number of hydrogen-bond acceptors (Lipinski definition) is 3. The number of benzene rings is 1. The molecular weight excluding hydrogens is 235 g/mol. The molecule has 1 heterocycles. The largest absolute Gasteiger partial charge is 0.493 e. The van der Waals surface area contributed by atoms with E-state index in [1.54, 1.807) is 6.07 Å². The lowest BCUT2D eigenvalue weighted by Gasteiger charge is -2.04. The minimum atomic E-state index is -4.52. The van der Waals surface area contributed by atoms with Crippen molar-refractivity contribution in [3.05, 3.63) is 29.5 Å². The molecule has 2 rings (SSSR count). The zero-order valence-electron chi connectivity index (χ0n) is 8.63. The van der Waals surface area contributed by atoms with Crippen LogP contribution >= 0.6 is 0 Å². The number of hydrogen-bond donors (Lipinski definition) is 0. The lowest BCUT2D eigenvalue weighted by molar-refractivity contribution is -0.136. The van der Waals surface area contributed by atoms with Gasteiger partial charge in [-0.3, -0.25) is 0 Å². The quantitative estimate of drug-likeness (QED) is 0.769. The zero-order chi connectivity index (χ0) is 12.6. The van der Waals surface area contributed by atoms with Gasteiger partial charge in [0, 0.05) is 11.5 Å². The summed E-state index contributed by atoms with van der Waals surface area (Å²) >= 11 is 0. The molecule has 3 nitrogen and oxygen atoms in total. The van der Waals surface area contributed by atoms with E-state index in [4.69, 9.17) is 14.4 Å². The molecule has 0 bridgehead atoms. The summed E-state index contributed by atoms with van der Waals surface area (Å²) in [5.41, 5.74) is -0.844. The van der Waals surface area contributed by atoms with E-state index in [2.05, 4.69) is 0 Å². The minimum Gasteiger partial charge on any atom is -0.493 e. The number of nitrogens with zero attached hydrogens (tertiary/aromatic N) is 1. The summed E-state index contributed by atoms with van der Waals surface area (Å²) in [4.78, 5) is 0. The van der Waals surface area contributed by atoms with Gasteiger partial charge in [-0.1, -0.05) is 0 Å². The van der Waals surface area contributed by atoms with E-state index in [0.717, 1.165) is 6.07 Å². The third-order valence-electron chi connectivity index (χ3n) is 2.29. The Morgan fingerprint density at radius 3 is 2.59 bits per heavy atom. The average molecular weight is 241 g/mol. The van der Waals surface area contributed by atoms with Crippen molar-refractivity contribution in [2.24, 2.45) is 0 Å². The maximum absolute atomic E-state index is 12.6. The van der Waals surface area contributed by atoms with Crippen molar-refractivity contribution in [1.82, 2.24) is 0 Å². The molecule has 0 radical (unpaired) electrons. The van der Waals surface area contributed by atoms with E-state index in [1.807, 2.05) is 0 Å². The highest BCUT2D eigenvalue weighted by Crippen LogP contribution is 2.39. The van der Waals surface area contributed by atoms with Crippen molar-refractivity contribution in [2.75, 3.05) is 7.11 Å². The van der Waals surface area contributed by atoms with Crippen molar-refractivity contribution in [3.8, 4) is 11.8 Å². The van der Waals surface area contributed by atoms with Gasteiger partial charge >= 0.3 is 6.18 Å². The molecule has 0 saturated carbocycles. The first-order valence-corrected chi connectivity index (χ1v) is 4.54. The Bertz CT molecular complexity index is 607. The topological polar surface area (TPSA) is 46.2 Å². The molecule has 17 heavy (non-hydrogen) atoms. The van der Waals surface area contributed by atoms with Gasteiger partial charge in [0.05, 0.1) is 18.7 Å². The summed E-state index contributed by atoms with van der Waals surface area (Å²) in [5.74, 6) is 0.106. The van der Waals surface area contributed by atoms with Gasteiger partial charge in [-0.15, -0.1) is 0 Å². The summed E-state index contributed by atoms with van der Waals surface area (Å²) < 4.78 is 47.6. The molecule has 6 heteroatoms. The Balaban J connectivity index is 2.81. The fourth-order valence-corrected chi connectivity index (χ4v) is 1.54. The van der Waals surface area contributed by atoms with Gasteiger partial charge in [0.2, 0.25) is 0 Å². The van der Waals surface area contributed by atoms with Crippen molar-refractivity contribution >= 4 is 11.0 Å². The van der Waals surface area contributed by atoms with Crippen LogP contribution in [0.5, 0.6) is 5.75 Å². The SMILES string of the molecule is COc1cc(C#N)cc2c(C(F)(F)F)coc12. The predicted molar refractivity (Wildman–Crippen MR) is 52.5 cm³/mol. The normalized spacial score (nSPS) is 11.5. The van der Waals surface area contributed by atoms with E-state index >= 15 is 0 Å². The maximum atomic E-state index is 12.6. The molecule has 88 valence electrons. The highest BCUT2D eigenvalue weighted by molar-refractivity contribution is 5.88. The van der Waals surface area contributed by atoms with Crippen LogP contribution in [-0.4, -0.2) is 7.11 Å². The highest BCUT2D eigenvalue weighted by atomic mass is 19.4. The van der Waals surface area contributed by atoms with Crippen LogP contribution in [0.1, 0.15) is 11.1 Å². The second-order valence-electron chi connectivity index (χ2n) is 3.31. The van der Waals surface area contributed by atoms with Crippen LogP contribution in [0.2, 0.25) is 0 Å². The number of rotatable bonds is 1. The number of fused-ring (bicyclic) bond motifs is 1. The summed E-state index contributed by atoms with van der Waals surface area (Å²) in [6.45, 7) is 0. The van der Waals surface area contributed by atoms with Crippen molar-refractivity contribution in [1.29, 1.82) is 5.26 Å². The molecule has 1 aromatic carbocycles. The summed E-state index contributed by atoms with van der Waals surface area (Å²) in [5, 5.41) is 8.56. The third-order valence-corrected chi connectivity index (χ3v) is 2.29. The molecule has 0 atom stereocenters. The molecule has 1 aromatic heterocycles. The van der Waals surface area contributed by atoms with E-state index in [9.17, 15) is 13.2 Å². The molecule has 0 spiro atoms. The molecule has 0 N–H and O–H groups in total. The van der Waals surface area contributed by atoms with Crippen LogP contribution in [0, 0.1) is 11.3 Å². The first-order valence-electron chi connectivity index (χ1n) is 4.54. The smallest absolute Gasteiger partial charge is 0.420 e. The third kappa shape index (κ3) is 1.80. The van der Waals surface area contributed by atoms with E-state index in [-0.39, 0.29) is 22.3 Å². The van der Waals surface area contributed by atoms with Gasteiger partial charge in [0.15, 0.2) is 11.3 Å². The fraction of sp³-hybridized carbons (Fsp3) is 0.182. The Hall–Kier alpha value is -2.16. The molecule has 2 aromatic rings. The van der Waals surface area contributed by atoms with Crippen LogP contribution in [-0.2, 0) is 6.18 Å². The number of methoxy groups -OCH3 is 1. The molecule has 0 aliphatic carbocycles. The van der Waals surface area contributed by atoms with Gasteiger partial charge < -0.3 is 9.15 Å². The molecule has 0 fully saturated rings.